The summed E-state index contributed by atoms with van der Waals surface area (Å²) >= 11 is 0. The van der Waals surface area contributed by atoms with Gasteiger partial charge in [-0.25, -0.2) is 4.79 Å². The molecule has 0 aliphatic carbocycles. The third-order valence-corrected chi connectivity index (χ3v) is 3.88. The van der Waals surface area contributed by atoms with Crippen molar-refractivity contribution in [2.24, 2.45) is 20.5 Å². The first-order chi connectivity index (χ1) is 14.0. The first kappa shape index (κ1) is 19.7. The Morgan fingerprint density at radius 2 is 1.38 bits per heavy atom. The van der Waals surface area contributed by atoms with Crippen LogP contribution in [0.4, 0.5) is 33.2 Å². The summed E-state index contributed by atoms with van der Waals surface area (Å²) in [6, 6.07) is 18.9. The fraction of sp³-hybridized carbons (Fsp3) is 0.0952. The van der Waals surface area contributed by atoms with Crippen molar-refractivity contribution in [2.45, 2.75) is 6.92 Å². The average Bonchev–Trinajstić information content (AvgIpc) is 2.73. The minimum Gasteiger partial charge on any atom is -0.508 e. The zero-order chi connectivity index (χ0) is 20.6. The largest absolute Gasteiger partial charge is 0.508 e. The van der Waals surface area contributed by atoms with Gasteiger partial charge >= 0.3 is 6.09 Å². The molecule has 3 aromatic rings. The number of nitrogens with one attached hydrogen (secondary N) is 1. The van der Waals surface area contributed by atoms with Crippen molar-refractivity contribution in [2.75, 3.05) is 12.4 Å². The topological polar surface area (TPSA) is 108 Å². The number of phenolic OH excluding ortho intramolecular Hbond substituents is 1. The maximum atomic E-state index is 11.2. The lowest BCUT2D eigenvalue weighted by Gasteiger charge is -2.03. The highest BCUT2D eigenvalue weighted by molar-refractivity contribution is 5.84. The fourth-order valence-electron chi connectivity index (χ4n) is 2.34. The summed E-state index contributed by atoms with van der Waals surface area (Å²) in [5.41, 5.74) is 4.21. The monoisotopic (exact) mass is 389 g/mol. The van der Waals surface area contributed by atoms with Gasteiger partial charge in [-0.15, -0.1) is 0 Å². The van der Waals surface area contributed by atoms with Crippen molar-refractivity contribution in [1.82, 2.24) is 0 Å². The summed E-state index contributed by atoms with van der Waals surface area (Å²) in [6.07, 6.45) is -0.530. The van der Waals surface area contributed by atoms with Gasteiger partial charge in [0, 0.05) is 5.69 Å². The van der Waals surface area contributed by atoms with Crippen LogP contribution >= 0.6 is 0 Å². The molecule has 3 aromatic carbocycles. The number of hydrogen-bond acceptors (Lipinski definition) is 7. The lowest BCUT2D eigenvalue weighted by Crippen LogP contribution is -2.10. The minimum atomic E-state index is -0.530. The first-order valence-corrected chi connectivity index (χ1v) is 8.72. The van der Waals surface area contributed by atoms with Crippen LogP contribution in [0.15, 0.2) is 87.2 Å². The quantitative estimate of drug-likeness (QED) is 0.473. The van der Waals surface area contributed by atoms with Gasteiger partial charge in [0.2, 0.25) is 0 Å². The molecule has 0 bridgehead atoms. The van der Waals surface area contributed by atoms with Gasteiger partial charge in [-0.2, -0.15) is 20.5 Å². The standard InChI is InChI=1S/C21H19N5O3/c1-14-13-18(25-23-17-7-10-19(27)11-8-17)9-12-20(14)26-24-16-5-3-15(4-6-16)22-21(28)29-2/h3-13,27H,1-2H3,(H,22,28). The van der Waals surface area contributed by atoms with Crippen molar-refractivity contribution < 1.29 is 14.6 Å². The molecule has 8 nitrogen and oxygen atoms in total. The van der Waals surface area contributed by atoms with Crippen LogP contribution in [0, 0.1) is 6.92 Å². The molecule has 0 radical (unpaired) electrons. The Hall–Kier alpha value is -4.07. The zero-order valence-corrected chi connectivity index (χ0v) is 15.9. The number of aromatic hydroxyl groups is 1. The molecule has 2 N–H and O–H groups in total. The number of ether oxygens (including phenoxy) is 1. The second kappa shape index (κ2) is 9.23. The highest BCUT2D eigenvalue weighted by Gasteiger charge is 2.01. The maximum absolute atomic E-state index is 11.2. The predicted octanol–water partition coefficient (Wildman–Crippen LogP) is 6.71. The molecule has 0 unspecified atom stereocenters. The molecule has 0 atom stereocenters. The van der Waals surface area contributed by atoms with E-state index in [1.165, 1.54) is 7.11 Å². The van der Waals surface area contributed by atoms with Gasteiger partial charge in [0.25, 0.3) is 0 Å². The van der Waals surface area contributed by atoms with E-state index in [1.54, 1.807) is 54.6 Å². The first-order valence-electron chi connectivity index (χ1n) is 8.72. The molecule has 3 rings (SSSR count). The number of methoxy groups -OCH3 is 1. The predicted molar refractivity (Wildman–Crippen MR) is 110 cm³/mol. The lowest BCUT2D eigenvalue weighted by molar-refractivity contribution is 0.187. The Bertz CT molecular complexity index is 1040. The van der Waals surface area contributed by atoms with Crippen LogP contribution in [-0.4, -0.2) is 18.3 Å². The smallest absolute Gasteiger partial charge is 0.411 e. The highest BCUT2D eigenvalue weighted by atomic mass is 16.5. The summed E-state index contributed by atoms with van der Waals surface area (Å²) in [6.45, 7) is 1.91. The number of carbonyl (C=O) groups excluding carboxylic acids is 1. The molecule has 1 amide bonds. The lowest BCUT2D eigenvalue weighted by atomic mass is 10.2. The van der Waals surface area contributed by atoms with Crippen molar-refractivity contribution >= 4 is 34.5 Å². The van der Waals surface area contributed by atoms with Crippen LogP contribution < -0.4 is 5.32 Å². The molecule has 0 fully saturated rings. The van der Waals surface area contributed by atoms with Gasteiger partial charge in [0.1, 0.15) is 5.75 Å². The van der Waals surface area contributed by atoms with Crippen LogP contribution in [-0.2, 0) is 4.74 Å². The second-order valence-electron chi connectivity index (χ2n) is 6.05. The summed E-state index contributed by atoms with van der Waals surface area (Å²) in [5, 5.41) is 28.7. The molecule has 0 saturated heterocycles. The van der Waals surface area contributed by atoms with Crippen LogP contribution in [0.25, 0.3) is 0 Å². The second-order valence-corrected chi connectivity index (χ2v) is 6.05. The molecule has 29 heavy (non-hydrogen) atoms. The van der Waals surface area contributed by atoms with Crippen molar-refractivity contribution in [3.63, 3.8) is 0 Å². The van der Waals surface area contributed by atoms with Gasteiger partial charge in [-0.1, -0.05) is 0 Å². The van der Waals surface area contributed by atoms with E-state index in [2.05, 4.69) is 30.5 Å². The van der Waals surface area contributed by atoms with E-state index in [0.29, 0.717) is 28.4 Å². The Kier molecular flexibility index (Phi) is 6.26. The Labute approximate surface area is 167 Å². The Balaban J connectivity index is 1.67. The SMILES string of the molecule is COC(=O)Nc1ccc(N=Nc2ccc(N=Nc3ccc(O)cc3)cc2C)cc1. The van der Waals surface area contributed by atoms with Crippen molar-refractivity contribution in [3.05, 3.63) is 72.3 Å². The van der Waals surface area contributed by atoms with E-state index in [1.807, 2.05) is 19.1 Å². The average molecular weight is 389 g/mol. The summed E-state index contributed by atoms with van der Waals surface area (Å²) in [5.74, 6) is 0.184. The Morgan fingerprint density at radius 1 is 0.828 bits per heavy atom. The van der Waals surface area contributed by atoms with E-state index < -0.39 is 6.09 Å². The number of benzene rings is 3. The fourth-order valence-corrected chi connectivity index (χ4v) is 2.34. The van der Waals surface area contributed by atoms with E-state index in [9.17, 15) is 9.90 Å². The van der Waals surface area contributed by atoms with E-state index >= 15 is 0 Å². The van der Waals surface area contributed by atoms with E-state index in [4.69, 9.17) is 0 Å². The van der Waals surface area contributed by atoms with Crippen LogP contribution in [0.5, 0.6) is 5.75 Å². The van der Waals surface area contributed by atoms with Gasteiger partial charge in [0.05, 0.1) is 29.9 Å². The van der Waals surface area contributed by atoms with Crippen molar-refractivity contribution in [3.8, 4) is 5.75 Å². The zero-order valence-electron chi connectivity index (χ0n) is 15.9. The number of amides is 1. The number of azo groups is 2. The van der Waals surface area contributed by atoms with E-state index in [-0.39, 0.29) is 5.75 Å². The van der Waals surface area contributed by atoms with Crippen LogP contribution in [0.1, 0.15) is 5.56 Å². The maximum Gasteiger partial charge on any atom is 0.411 e. The van der Waals surface area contributed by atoms with E-state index in [0.717, 1.165) is 5.56 Å². The number of carbonyl (C=O) groups is 1. The summed E-state index contributed by atoms with van der Waals surface area (Å²) in [7, 11) is 1.31. The summed E-state index contributed by atoms with van der Waals surface area (Å²) in [4.78, 5) is 11.2. The normalized spacial score (nSPS) is 11.1. The molecule has 0 saturated carbocycles. The molecular formula is C21H19N5O3. The van der Waals surface area contributed by atoms with Crippen LogP contribution in [0.2, 0.25) is 0 Å². The van der Waals surface area contributed by atoms with Crippen LogP contribution in [0.3, 0.4) is 0 Å². The van der Waals surface area contributed by atoms with Crippen molar-refractivity contribution in [1.29, 1.82) is 0 Å². The molecule has 146 valence electrons. The number of nitrogens with zero attached hydrogens (tertiary/aromatic N) is 4. The number of rotatable bonds is 5. The third kappa shape index (κ3) is 5.70. The third-order valence-electron chi connectivity index (χ3n) is 3.88. The number of anilines is 1. The number of aryl methyl sites for hydroxylation is 1. The molecule has 0 spiro atoms. The molecule has 0 aromatic heterocycles. The van der Waals surface area contributed by atoms with Gasteiger partial charge in [-0.3, -0.25) is 5.32 Å². The summed E-state index contributed by atoms with van der Waals surface area (Å²) < 4.78 is 4.54. The molecule has 0 aliphatic rings. The molecule has 0 aliphatic heterocycles. The Morgan fingerprint density at radius 3 is 2.00 bits per heavy atom. The number of phenols is 1. The minimum absolute atomic E-state index is 0.184. The number of hydrogen-bond donors (Lipinski definition) is 2. The van der Waals surface area contributed by atoms with Gasteiger partial charge in [0.15, 0.2) is 0 Å². The highest BCUT2D eigenvalue weighted by Crippen LogP contribution is 2.28. The molecular weight excluding hydrogens is 370 g/mol. The van der Waals surface area contributed by atoms with Gasteiger partial charge < -0.3 is 9.84 Å². The van der Waals surface area contributed by atoms with Gasteiger partial charge in [-0.05, 0) is 79.2 Å². The molecule has 0 heterocycles. The molecule has 8 heteroatoms.